The lowest BCUT2D eigenvalue weighted by atomic mass is 9.93. The van der Waals surface area contributed by atoms with Gasteiger partial charge in [0.1, 0.15) is 19.4 Å². The minimum atomic E-state index is -0.740. The van der Waals surface area contributed by atoms with E-state index >= 15 is 0 Å². The predicted molar refractivity (Wildman–Crippen MR) is 134 cm³/mol. The molecule has 0 saturated carbocycles. The topological polar surface area (TPSA) is 124 Å². The summed E-state index contributed by atoms with van der Waals surface area (Å²) < 4.78 is 17.7. The van der Waals surface area contributed by atoms with Gasteiger partial charge in [0.15, 0.2) is 0 Å². The maximum Gasteiger partial charge on any atom is 0.508 e. The number of aryl methyl sites for hydroxylation is 1. The van der Waals surface area contributed by atoms with Crippen LogP contribution in [0.4, 0.5) is 4.79 Å². The highest BCUT2D eigenvalue weighted by atomic mass is 16.7. The van der Waals surface area contributed by atoms with Gasteiger partial charge in [0, 0.05) is 30.4 Å². The van der Waals surface area contributed by atoms with Gasteiger partial charge in [0.05, 0.1) is 6.10 Å². The Labute approximate surface area is 210 Å². The Hall–Kier alpha value is -2.95. The highest BCUT2D eigenvalue weighted by Gasteiger charge is 2.29. The normalized spacial score (nSPS) is 22.8. The smallest absolute Gasteiger partial charge is 0.433 e. The van der Waals surface area contributed by atoms with Crippen molar-refractivity contribution >= 4 is 6.16 Å². The molecule has 2 aromatic rings. The van der Waals surface area contributed by atoms with Crippen LogP contribution in [0.3, 0.4) is 0 Å². The molecular weight excluding hydrogens is 464 g/mol. The Morgan fingerprint density at radius 3 is 2.78 bits per heavy atom. The number of carbonyl (C=O) groups is 1. The zero-order chi connectivity index (χ0) is 25.3. The summed E-state index contributed by atoms with van der Waals surface area (Å²) in [5.41, 5.74) is 0.781. The second kappa shape index (κ2) is 12.8. The standard InChI is InChI=1S/C26H36N4O6/c1-18-16-30(25(32)29-24(18)31)23-11-10-20(36-23)17-35-26(33)34-14-13-28-22(21-9-5-6-12-27-21)15-19-7-3-2-4-8-19/h2-4,7-8,16,20-23,27-28H,5-6,9-15,17H2,1H3,(H,29,31,32). The zero-order valence-corrected chi connectivity index (χ0v) is 20.7. The fourth-order valence-electron chi connectivity index (χ4n) is 4.84. The minimum Gasteiger partial charge on any atom is -0.433 e. The van der Waals surface area contributed by atoms with Crippen LogP contribution in [0, 0.1) is 6.92 Å². The van der Waals surface area contributed by atoms with Gasteiger partial charge in [-0.2, -0.15) is 0 Å². The van der Waals surface area contributed by atoms with Gasteiger partial charge >= 0.3 is 11.8 Å². The number of nitrogens with zero attached hydrogens (tertiary/aromatic N) is 1. The predicted octanol–water partition coefficient (Wildman–Crippen LogP) is 2.02. The minimum absolute atomic E-state index is 0.0441. The summed E-state index contributed by atoms with van der Waals surface area (Å²) in [4.78, 5) is 38.0. The Morgan fingerprint density at radius 2 is 2.00 bits per heavy atom. The SMILES string of the molecule is Cc1cn(C2CCC(COC(=O)OCCNC(Cc3ccccc3)C3CCCCN3)O2)c(=O)[nH]c1=O. The third kappa shape index (κ3) is 7.28. The van der Waals surface area contributed by atoms with Crippen molar-refractivity contribution in [2.75, 3.05) is 26.3 Å². The summed E-state index contributed by atoms with van der Waals surface area (Å²) in [6.45, 7) is 3.44. The van der Waals surface area contributed by atoms with E-state index in [9.17, 15) is 14.4 Å². The van der Waals surface area contributed by atoms with E-state index in [1.165, 1.54) is 29.2 Å². The maximum atomic E-state index is 12.1. The highest BCUT2D eigenvalue weighted by Crippen LogP contribution is 2.27. The van der Waals surface area contributed by atoms with E-state index in [-0.39, 0.29) is 25.4 Å². The third-order valence-corrected chi connectivity index (χ3v) is 6.79. The molecule has 3 heterocycles. The summed E-state index contributed by atoms with van der Waals surface area (Å²) in [6, 6.07) is 11.0. The summed E-state index contributed by atoms with van der Waals surface area (Å²) in [5.74, 6) is 0. The molecular formula is C26H36N4O6. The van der Waals surface area contributed by atoms with Gasteiger partial charge in [-0.25, -0.2) is 9.59 Å². The lowest BCUT2D eigenvalue weighted by Crippen LogP contribution is -2.51. The number of hydrogen-bond acceptors (Lipinski definition) is 8. The molecule has 2 aliphatic heterocycles. The molecule has 0 aliphatic carbocycles. The second-order valence-electron chi connectivity index (χ2n) is 9.48. The van der Waals surface area contributed by atoms with E-state index in [0.717, 1.165) is 19.4 Å². The second-order valence-corrected chi connectivity index (χ2v) is 9.48. The first-order chi connectivity index (χ1) is 17.5. The number of aromatic nitrogens is 2. The molecule has 0 spiro atoms. The number of H-pyrrole nitrogens is 1. The van der Waals surface area contributed by atoms with Crippen LogP contribution in [-0.4, -0.2) is 60.2 Å². The summed E-state index contributed by atoms with van der Waals surface area (Å²) >= 11 is 0. The molecule has 4 atom stereocenters. The first-order valence-corrected chi connectivity index (χ1v) is 12.8. The zero-order valence-electron chi connectivity index (χ0n) is 20.7. The molecule has 36 heavy (non-hydrogen) atoms. The van der Waals surface area contributed by atoms with Crippen molar-refractivity contribution < 1.29 is 19.0 Å². The Balaban J connectivity index is 1.17. The van der Waals surface area contributed by atoms with Crippen molar-refractivity contribution in [1.29, 1.82) is 0 Å². The number of ether oxygens (including phenoxy) is 3. The molecule has 196 valence electrons. The molecule has 2 aliphatic rings. The Kier molecular flexibility index (Phi) is 9.32. The molecule has 1 aromatic heterocycles. The van der Waals surface area contributed by atoms with E-state index in [4.69, 9.17) is 14.2 Å². The fourth-order valence-corrected chi connectivity index (χ4v) is 4.84. The maximum absolute atomic E-state index is 12.1. The van der Waals surface area contributed by atoms with Crippen LogP contribution in [0.5, 0.6) is 0 Å². The van der Waals surface area contributed by atoms with Gasteiger partial charge in [-0.05, 0) is 51.1 Å². The lowest BCUT2D eigenvalue weighted by Gasteiger charge is -2.32. The molecule has 2 saturated heterocycles. The molecule has 4 rings (SSSR count). The van der Waals surface area contributed by atoms with Gasteiger partial charge in [0.2, 0.25) is 0 Å². The largest absolute Gasteiger partial charge is 0.508 e. The number of benzene rings is 1. The molecule has 1 aromatic carbocycles. The van der Waals surface area contributed by atoms with Crippen molar-refractivity contribution in [3.8, 4) is 0 Å². The number of carbonyl (C=O) groups excluding carboxylic acids is 1. The summed E-state index contributed by atoms with van der Waals surface area (Å²) in [6.07, 6.45) is 5.56. The van der Waals surface area contributed by atoms with Crippen LogP contribution in [0.2, 0.25) is 0 Å². The average molecular weight is 501 g/mol. The van der Waals surface area contributed by atoms with Gasteiger partial charge in [0.25, 0.3) is 5.56 Å². The quantitative estimate of drug-likeness (QED) is 0.334. The molecule has 2 fully saturated rings. The van der Waals surface area contributed by atoms with Crippen LogP contribution in [0.1, 0.15) is 49.5 Å². The number of piperidine rings is 1. The van der Waals surface area contributed by atoms with Crippen molar-refractivity contribution in [3.63, 3.8) is 0 Å². The van der Waals surface area contributed by atoms with Crippen LogP contribution >= 0.6 is 0 Å². The molecule has 4 unspecified atom stereocenters. The summed E-state index contributed by atoms with van der Waals surface area (Å²) in [7, 11) is 0. The van der Waals surface area contributed by atoms with Gasteiger partial charge in [-0.3, -0.25) is 14.3 Å². The van der Waals surface area contributed by atoms with Crippen LogP contribution < -0.4 is 21.9 Å². The first-order valence-electron chi connectivity index (χ1n) is 12.8. The number of hydrogen-bond donors (Lipinski definition) is 3. The lowest BCUT2D eigenvalue weighted by molar-refractivity contribution is -0.0398. The molecule has 10 nitrogen and oxygen atoms in total. The van der Waals surface area contributed by atoms with Crippen LogP contribution in [-0.2, 0) is 20.6 Å². The van der Waals surface area contributed by atoms with E-state index in [1.807, 2.05) is 6.07 Å². The molecule has 0 bridgehead atoms. The van der Waals surface area contributed by atoms with Crippen molar-refractivity contribution in [3.05, 3.63) is 68.5 Å². The van der Waals surface area contributed by atoms with E-state index < -0.39 is 23.6 Å². The van der Waals surface area contributed by atoms with E-state index in [1.54, 1.807) is 6.92 Å². The molecule has 10 heteroatoms. The van der Waals surface area contributed by atoms with Gasteiger partial charge in [-0.1, -0.05) is 36.8 Å². The number of aromatic amines is 1. The average Bonchev–Trinajstić information content (AvgIpc) is 3.36. The van der Waals surface area contributed by atoms with E-state index in [2.05, 4.69) is 39.9 Å². The van der Waals surface area contributed by atoms with Gasteiger partial charge < -0.3 is 24.8 Å². The van der Waals surface area contributed by atoms with Crippen molar-refractivity contribution in [2.24, 2.45) is 0 Å². The summed E-state index contributed by atoms with van der Waals surface area (Å²) in [5, 5.41) is 7.17. The molecule has 3 N–H and O–H groups in total. The molecule has 0 radical (unpaired) electrons. The number of rotatable bonds is 10. The Bertz CT molecular complexity index is 1100. The highest BCUT2D eigenvalue weighted by molar-refractivity contribution is 5.59. The van der Waals surface area contributed by atoms with Crippen molar-refractivity contribution in [2.45, 2.75) is 69.9 Å². The van der Waals surface area contributed by atoms with Crippen molar-refractivity contribution in [1.82, 2.24) is 20.2 Å². The molecule has 0 amide bonds. The first kappa shape index (κ1) is 26.1. The van der Waals surface area contributed by atoms with Gasteiger partial charge in [-0.15, -0.1) is 0 Å². The van der Waals surface area contributed by atoms with Crippen LogP contribution in [0.15, 0.2) is 46.1 Å². The number of nitrogens with one attached hydrogen (secondary N) is 3. The monoisotopic (exact) mass is 500 g/mol. The third-order valence-electron chi connectivity index (χ3n) is 6.79. The van der Waals surface area contributed by atoms with Crippen LogP contribution in [0.25, 0.3) is 0 Å². The Morgan fingerprint density at radius 1 is 1.17 bits per heavy atom. The fraction of sp³-hybridized carbons (Fsp3) is 0.577. The van der Waals surface area contributed by atoms with E-state index in [0.29, 0.717) is 31.0 Å².